The first-order valence-corrected chi connectivity index (χ1v) is 5.08. The first-order valence-electron chi connectivity index (χ1n) is 2.81. The number of sulfone groups is 1. The van der Waals surface area contributed by atoms with Gasteiger partial charge in [-0.25, -0.2) is 8.42 Å². The van der Waals surface area contributed by atoms with Crippen LogP contribution in [0.15, 0.2) is 5.16 Å². The van der Waals surface area contributed by atoms with Crippen molar-refractivity contribution in [2.24, 2.45) is 5.16 Å². The van der Waals surface area contributed by atoms with Gasteiger partial charge in [0.25, 0.3) is 0 Å². The van der Waals surface area contributed by atoms with Gasteiger partial charge in [0.15, 0.2) is 15.0 Å². The van der Waals surface area contributed by atoms with Crippen LogP contribution in [-0.4, -0.2) is 29.8 Å². The normalized spacial score (nSPS) is 15.1. The van der Waals surface area contributed by atoms with E-state index in [0.29, 0.717) is 0 Å². The summed E-state index contributed by atoms with van der Waals surface area (Å²) in [6.07, 6.45) is 1.03. The van der Waals surface area contributed by atoms with Crippen LogP contribution in [0.2, 0.25) is 0 Å². The third-order valence-corrected chi connectivity index (χ3v) is 4.22. The summed E-state index contributed by atoms with van der Waals surface area (Å²) >= 11 is 5.36. The van der Waals surface area contributed by atoms with Crippen molar-refractivity contribution in [1.29, 1.82) is 0 Å². The van der Waals surface area contributed by atoms with Crippen LogP contribution in [0, 0.1) is 0 Å². The molecule has 0 saturated carbocycles. The molecule has 0 aliphatic carbocycles. The highest BCUT2D eigenvalue weighted by molar-refractivity contribution is 7.93. The summed E-state index contributed by atoms with van der Waals surface area (Å²) < 4.78 is 20.6. The van der Waals surface area contributed by atoms with Gasteiger partial charge >= 0.3 is 0 Å². The fraction of sp³-hybridized carbons (Fsp3) is 0.800. The zero-order valence-corrected chi connectivity index (χ0v) is 8.07. The van der Waals surface area contributed by atoms with E-state index in [-0.39, 0.29) is 5.17 Å². The highest BCUT2D eigenvalue weighted by atomic mass is 35.5. The minimum absolute atomic E-state index is 0.333. The number of rotatable bonds is 2. The van der Waals surface area contributed by atoms with Crippen LogP contribution in [0.5, 0.6) is 0 Å². The van der Waals surface area contributed by atoms with Gasteiger partial charge in [0.1, 0.15) is 4.75 Å². The van der Waals surface area contributed by atoms with Gasteiger partial charge in [-0.1, -0.05) is 16.8 Å². The lowest BCUT2D eigenvalue weighted by molar-refractivity contribution is 0.318. The molecule has 0 rings (SSSR count). The molecular weight excluding hydrogens is 190 g/mol. The van der Waals surface area contributed by atoms with Crippen LogP contribution in [0.3, 0.4) is 0 Å². The Balaban J connectivity index is 5.07. The highest BCUT2D eigenvalue weighted by Crippen LogP contribution is 2.19. The van der Waals surface area contributed by atoms with Gasteiger partial charge in [0.05, 0.1) is 0 Å². The zero-order valence-electron chi connectivity index (χ0n) is 6.50. The van der Waals surface area contributed by atoms with Crippen molar-refractivity contribution in [3.63, 3.8) is 0 Å². The van der Waals surface area contributed by atoms with Gasteiger partial charge in [-0.15, -0.1) is 0 Å². The van der Waals surface area contributed by atoms with Crippen molar-refractivity contribution in [1.82, 2.24) is 0 Å². The molecule has 0 fully saturated rings. The summed E-state index contributed by atoms with van der Waals surface area (Å²) in [6.45, 7) is 2.73. The maximum absolute atomic E-state index is 11.0. The largest absolute Gasteiger partial charge is 0.410 e. The molecule has 0 radical (unpaired) electrons. The molecular formula is C5H10ClNO3S. The molecule has 0 saturated heterocycles. The molecule has 0 atom stereocenters. The van der Waals surface area contributed by atoms with Gasteiger partial charge in [-0.2, -0.15) is 0 Å². The van der Waals surface area contributed by atoms with Crippen LogP contribution in [0.4, 0.5) is 0 Å². The van der Waals surface area contributed by atoms with Crippen molar-refractivity contribution < 1.29 is 13.6 Å². The molecule has 0 aliphatic rings. The smallest absolute Gasteiger partial charge is 0.165 e. The molecule has 0 spiro atoms. The fourth-order valence-corrected chi connectivity index (χ4v) is 1.04. The Morgan fingerprint density at radius 1 is 1.55 bits per heavy atom. The average molecular weight is 200 g/mol. The van der Waals surface area contributed by atoms with Crippen molar-refractivity contribution >= 4 is 26.6 Å². The second kappa shape index (κ2) is 2.98. The molecule has 6 heteroatoms. The van der Waals surface area contributed by atoms with E-state index in [1.54, 1.807) is 0 Å². The average Bonchev–Trinajstić information content (AvgIpc) is 1.83. The summed E-state index contributed by atoms with van der Waals surface area (Å²) in [4.78, 5) is 0. The summed E-state index contributed by atoms with van der Waals surface area (Å²) in [6, 6.07) is 0. The summed E-state index contributed by atoms with van der Waals surface area (Å²) in [7, 11) is -3.34. The molecule has 0 aromatic carbocycles. The van der Waals surface area contributed by atoms with Crippen LogP contribution in [0.1, 0.15) is 13.8 Å². The quantitative estimate of drug-likeness (QED) is 0.407. The van der Waals surface area contributed by atoms with Gasteiger partial charge in [-0.05, 0) is 13.8 Å². The van der Waals surface area contributed by atoms with Gasteiger partial charge in [-0.3, -0.25) is 0 Å². The Morgan fingerprint density at radius 3 is 2.00 bits per heavy atom. The number of hydrogen-bond acceptors (Lipinski definition) is 4. The lowest BCUT2D eigenvalue weighted by atomic mass is 10.2. The fourth-order valence-electron chi connectivity index (χ4n) is 0.273. The molecule has 0 aliphatic heterocycles. The maximum atomic E-state index is 11.0. The number of halogens is 1. The molecule has 11 heavy (non-hydrogen) atoms. The van der Waals surface area contributed by atoms with Crippen LogP contribution >= 0.6 is 11.6 Å². The topological polar surface area (TPSA) is 66.7 Å². The van der Waals surface area contributed by atoms with Crippen LogP contribution in [-0.2, 0) is 9.84 Å². The predicted molar refractivity (Wildman–Crippen MR) is 44.0 cm³/mol. The Kier molecular flexibility index (Phi) is 2.91. The second-order valence-electron chi connectivity index (χ2n) is 2.67. The van der Waals surface area contributed by atoms with Crippen molar-refractivity contribution in [3.05, 3.63) is 0 Å². The lowest BCUT2D eigenvalue weighted by Crippen LogP contribution is -2.37. The number of oxime groups is 1. The monoisotopic (exact) mass is 199 g/mol. The standard InChI is InChI=1S/C5H10ClNO3S/c1-5(2,4(6)7-8)11(3,9)10/h8H,1-3H3. The minimum Gasteiger partial charge on any atom is -0.410 e. The van der Waals surface area contributed by atoms with Gasteiger partial charge in [0, 0.05) is 6.26 Å². The molecule has 0 amide bonds. The summed E-state index contributed by atoms with van der Waals surface area (Å²) in [5, 5.41) is 10.5. The Labute approximate surface area is 70.8 Å². The third kappa shape index (κ3) is 2.07. The zero-order chi connectivity index (χ0) is 9.28. The number of hydrogen-bond donors (Lipinski definition) is 1. The van der Waals surface area contributed by atoms with Crippen molar-refractivity contribution in [3.8, 4) is 0 Å². The van der Waals surface area contributed by atoms with Gasteiger partial charge < -0.3 is 5.21 Å². The molecule has 66 valence electrons. The summed E-state index contributed by atoms with van der Waals surface area (Å²) in [5.74, 6) is 0. The van der Waals surface area contributed by atoms with E-state index in [4.69, 9.17) is 16.8 Å². The van der Waals surface area contributed by atoms with E-state index in [1.165, 1.54) is 13.8 Å². The Hall–Kier alpha value is -0.290. The second-order valence-corrected chi connectivity index (χ2v) is 5.60. The van der Waals surface area contributed by atoms with Crippen molar-refractivity contribution in [2.75, 3.05) is 6.26 Å². The van der Waals surface area contributed by atoms with Crippen LogP contribution < -0.4 is 0 Å². The molecule has 0 heterocycles. The predicted octanol–water partition coefficient (Wildman–Crippen LogP) is 0.836. The van der Waals surface area contributed by atoms with E-state index < -0.39 is 14.6 Å². The Morgan fingerprint density at radius 2 is 1.91 bits per heavy atom. The van der Waals surface area contributed by atoms with E-state index in [1.807, 2.05) is 0 Å². The van der Waals surface area contributed by atoms with Crippen LogP contribution in [0.25, 0.3) is 0 Å². The summed E-state index contributed by atoms with van der Waals surface area (Å²) in [5.41, 5.74) is 0. The maximum Gasteiger partial charge on any atom is 0.165 e. The molecule has 0 aromatic heterocycles. The van der Waals surface area contributed by atoms with E-state index in [9.17, 15) is 8.42 Å². The molecule has 0 aromatic rings. The SMILES string of the molecule is CC(C)(C(Cl)=NO)S(C)(=O)=O. The van der Waals surface area contributed by atoms with Crippen molar-refractivity contribution in [2.45, 2.75) is 18.6 Å². The molecule has 0 unspecified atom stereocenters. The highest BCUT2D eigenvalue weighted by Gasteiger charge is 2.35. The minimum atomic E-state index is -3.34. The number of nitrogens with zero attached hydrogens (tertiary/aromatic N) is 1. The molecule has 4 nitrogen and oxygen atoms in total. The molecule has 1 N–H and O–H groups in total. The first-order chi connectivity index (χ1) is 4.73. The molecule has 0 bridgehead atoms. The van der Waals surface area contributed by atoms with Gasteiger partial charge in [0.2, 0.25) is 0 Å². The first kappa shape index (κ1) is 10.7. The third-order valence-electron chi connectivity index (χ3n) is 1.51. The lowest BCUT2D eigenvalue weighted by Gasteiger charge is -2.18. The van der Waals surface area contributed by atoms with E-state index in [2.05, 4.69) is 5.16 Å². The van der Waals surface area contributed by atoms with E-state index >= 15 is 0 Å². The van der Waals surface area contributed by atoms with E-state index in [0.717, 1.165) is 6.26 Å². The Bertz CT molecular complexity index is 267.